The van der Waals surface area contributed by atoms with Gasteiger partial charge in [-0.2, -0.15) is 0 Å². The van der Waals surface area contributed by atoms with Crippen molar-refractivity contribution in [3.8, 4) is 0 Å². The summed E-state index contributed by atoms with van der Waals surface area (Å²) in [6.45, 7) is 1.44. The van der Waals surface area contributed by atoms with Crippen LogP contribution in [-0.4, -0.2) is 33.3 Å². The molecule has 0 fully saturated rings. The fraction of sp³-hybridized carbons (Fsp3) is 0.156. The number of nitro benzene ring substituents is 1. The number of aromatic nitrogens is 2. The highest BCUT2D eigenvalue weighted by atomic mass is 16.6. The number of benzene rings is 3. The van der Waals surface area contributed by atoms with E-state index in [2.05, 4.69) is 4.98 Å². The molecule has 0 saturated carbocycles. The predicted octanol–water partition coefficient (Wildman–Crippen LogP) is 6.85. The zero-order valence-electron chi connectivity index (χ0n) is 21.8. The van der Waals surface area contributed by atoms with Crippen LogP contribution < -0.4 is 0 Å². The minimum Gasteiger partial charge on any atom is -0.454 e. The van der Waals surface area contributed by atoms with Gasteiger partial charge in [0.05, 0.1) is 21.7 Å². The molecule has 1 aliphatic rings. The molecule has 3 aromatic carbocycles. The average molecular weight is 532 g/mol. The molecule has 2 aromatic heterocycles. The minimum atomic E-state index is -0.572. The predicted molar refractivity (Wildman–Crippen MR) is 153 cm³/mol. The maximum atomic E-state index is 13.6. The monoisotopic (exact) mass is 531 g/mol. The number of fused-ring (bicyclic) bond motifs is 3. The Bertz CT molecular complexity index is 1870. The second-order valence-corrected chi connectivity index (χ2v) is 9.88. The average Bonchev–Trinajstić information content (AvgIpc) is 3.30. The van der Waals surface area contributed by atoms with Crippen LogP contribution in [0.4, 0.5) is 5.69 Å². The molecule has 1 aliphatic carbocycles. The number of rotatable bonds is 6. The molecular formula is C32H25N3O5. The van der Waals surface area contributed by atoms with Crippen LogP contribution in [0.2, 0.25) is 0 Å². The number of aromatic amines is 1. The number of Topliss-reactive ketones (excluding diaryl/α,β-unsaturated/α-hetero) is 1. The molecule has 198 valence electrons. The highest BCUT2D eigenvalue weighted by molar-refractivity contribution is 6.11. The van der Waals surface area contributed by atoms with Crippen molar-refractivity contribution >= 4 is 50.9 Å². The van der Waals surface area contributed by atoms with Crippen molar-refractivity contribution in [2.24, 2.45) is 0 Å². The number of non-ortho nitro benzene ring substituents is 1. The summed E-state index contributed by atoms with van der Waals surface area (Å²) in [7, 11) is 0. The number of allylic oxidation sites excluding steroid dienone is 1. The van der Waals surface area contributed by atoms with Gasteiger partial charge in [0.2, 0.25) is 5.78 Å². The highest BCUT2D eigenvalue weighted by Gasteiger charge is 2.27. The number of para-hydroxylation sites is 2. The van der Waals surface area contributed by atoms with Gasteiger partial charge in [-0.05, 0) is 61.1 Å². The van der Waals surface area contributed by atoms with Crippen LogP contribution in [0.25, 0.3) is 33.5 Å². The molecule has 0 unspecified atom stereocenters. The van der Waals surface area contributed by atoms with E-state index in [1.807, 2.05) is 67.6 Å². The molecule has 0 aliphatic heterocycles. The molecule has 5 aromatic rings. The zero-order chi connectivity index (χ0) is 27.8. The van der Waals surface area contributed by atoms with E-state index in [0.717, 1.165) is 34.2 Å². The van der Waals surface area contributed by atoms with Gasteiger partial charge in [0, 0.05) is 39.7 Å². The molecule has 2 heterocycles. The van der Waals surface area contributed by atoms with Gasteiger partial charge in [-0.25, -0.2) is 9.78 Å². The summed E-state index contributed by atoms with van der Waals surface area (Å²) in [6, 6.07) is 21.3. The zero-order valence-corrected chi connectivity index (χ0v) is 21.8. The largest absolute Gasteiger partial charge is 0.454 e. The SMILES string of the molecule is Cc1[nH]c2ccccc2c1C(=O)COC(=O)c1c2c(nc3ccccc13)C(=Cc1cccc([N+](=O)[O-])c1)CCC2. The second kappa shape index (κ2) is 10.2. The molecule has 1 N–H and O–H groups in total. The van der Waals surface area contributed by atoms with E-state index in [-0.39, 0.29) is 18.1 Å². The minimum absolute atomic E-state index is 0.0104. The molecular weight excluding hydrogens is 506 g/mol. The number of hydrogen-bond donors (Lipinski definition) is 1. The molecule has 0 spiro atoms. The lowest BCUT2D eigenvalue weighted by molar-refractivity contribution is -0.384. The van der Waals surface area contributed by atoms with E-state index >= 15 is 0 Å². The summed E-state index contributed by atoms with van der Waals surface area (Å²) in [6.07, 6.45) is 4.01. The number of ketones is 1. The van der Waals surface area contributed by atoms with E-state index in [9.17, 15) is 19.7 Å². The molecule has 6 rings (SSSR count). The van der Waals surface area contributed by atoms with E-state index in [4.69, 9.17) is 9.72 Å². The first kappa shape index (κ1) is 25.2. The van der Waals surface area contributed by atoms with E-state index in [1.54, 1.807) is 6.07 Å². The number of nitrogens with zero attached hydrogens (tertiary/aromatic N) is 2. The van der Waals surface area contributed by atoms with Crippen LogP contribution in [0.15, 0.2) is 72.8 Å². The maximum absolute atomic E-state index is 13.6. The lowest BCUT2D eigenvalue weighted by atomic mass is 9.86. The number of hydrogen-bond acceptors (Lipinski definition) is 6. The number of nitro groups is 1. The topological polar surface area (TPSA) is 115 Å². The Morgan fingerprint density at radius 3 is 2.60 bits per heavy atom. The summed E-state index contributed by atoms with van der Waals surface area (Å²) in [5.74, 6) is -0.848. The van der Waals surface area contributed by atoms with Gasteiger partial charge in [-0.15, -0.1) is 0 Å². The number of ether oxygens (including phenoxy) is 1. The summed E-state index contributed by atoms with van der Waals surface area (Å²) >= 11 is 0. The number of aryl methyl sites for hydroxylation is 1. The normalized spacial score (nSPS) is 13.9. The standard InChI is InChI=1S/C32H25N3O5/c1-19-29(23-11-2-4-14-26(23)33-19)28(36)18-40-32(37)30-24-12-3-5-15-27(24)34-31-21(9-7-13-25(30)31)16-20-8-6-10-22(17-20)35(38)39/h2-6,8,10-12,14-17,33H,7,9,13,18H2,1H3. The number of carbonyl (C=O) groups is 2. The Morgan fingerprint density at radius 2 is 1.77 bits per heavy atom. The van der Waals surface area contributed by atoms with Crippen LogP contribution in [0.3, 0.4) is 0 Å². The third-order valence-corrected chi connectivity index (χ3v) is 7.30. The molecule has 0 bridgehead atoms. The van der Waals surface area contributed by atoms with E-state index in [0.29, 0.717) is 46.1 Å². The van der Waals surface area contributed by atoms with Gasteiger partial charge < -0.3 is 9.72 Å². The number of esters is 1. The van der Waals surface area contributed by atoms with Crippen LogP contribution in [-0.2, 0) is 11.2 Å². The van der Waals surface area contributed by atoms with Crippen molar-refractivity contribution in [2.45, 2.75) is 26.2 Å². The van der Waals surface area contributed by atoms with E-state index in [1.165, 1.54) is 12.1 Å². The van der Waals surface area contributed by atoms with E-state index < -0.39 is 10.9 Å². The number of pyridine rings is 1. The summed E-state index contributed by atoms with van der Waals surface area (Å²) < 4.78 is 5.66. The first-order valence-electron chi connectivity index (χ1n) is 13.1. The van der Waals surface area contributed by atoms with Crippen molar-refractivity contribution in [1.29, 1.82) is 0 Å². The Labute approximate surface area is 229 Å². The molecule has 0 saturated heterocycles. The van der Waals surface area contributed by atoms with Crippen LogP contribution in [0, 0.1) is 17.0 Å². The maximum Gasteiger partial charge on any atom is 0.339 e. The fourth-order valence-corrected chi connectivity index (χ4v) is 5.55. The van der Waals surface area contributed by atoms with Gasteiger partial charge in [-0.3, -0.25) is 14.9 Å². The molecule has 0 atom stereocenters. The van der Waals surface area contributed by atoms with Crippen molar-refractivity contribution < 1.29 is 19.2 Å². The quantitative estimate of drug-likeness (QED) is 0.111. The van der Waals surface area contributed by atoms with Crippen molar-refractivity contribution in [3.05, 3.63) is 117 Å². The molecule has 0 radical (unpaired) electrons. The number of carbonyl (C=O) groups excluding carboxylic acids is 2. The van der Waals surface area contributed by atoms with Gasteiger partial charge >= 0.3 is 5.97 Å². The molecule has 8 heteroatoms. The Balaban J connectivity index is 1.37. The lowest BCUT2D eigenvalue weighted by Gasteiger charge is -2.22. The first-order valence-corrected chi connectivity index (χ1v) is 13.1. The first-order chi connectivity index (χ1) is 19.4. The van der Waals surface area contributed by atoms with Crippen LogP contribution >= 0.6 is 0 Å². The Hall–Kier alpha value is -5.11. The van der Waals surface area contributed by atoms with Gasteiger partial charge in [0.1, 0.15) is 0 Å². The summed E-state index contributed by atoms with van der Waals surface area (Å²) in [5, 5.41) is 12.7. The summed E-state index contributed by atoms with van der Waals surface area (Å²) in [4.78, 5) is 45.8. The van der Waals surface area contributed by atoms with Crippen LogP contribution in [0.1, 0.15) is 56.1 Å². The molecule has 40 heavy (non-hydrogen) atoms. The van der Waals surface area contributed by atoms with Crippen molar-refractivity contribution in [2.75, 3.05) is 6.61 Å². The van der Waals surface area contributed by atoms with Crippen LogP contribution in [0.5, 0.6) is 0 Å². The Morgan fingerprint density at radius 1 is 1.00 bits per heavy atom. The number of nitrogens with one attached hydrogen (secondary N) is 1. The summed E-state index contributed by atoms with van der Waals surface area (Å²) in [5.41, 5.74) is 6.19. The van der Waals surface area contributed by atoms with Gasteiger partial charge in [0.15, 0.2) is 6.61 Å². The second-order valence-electron chi connectivity index (χ2n) is 9.88. The molecule has 0 amide bonds. The fourth-order valence-electron chi connectivity index (χ4n) is 5.55. The van der Waals surface area contributed by atoms with Crippen molar-refractivity contribution in [1.82, 2.24) is 9.97 Å². The smallest absolute Gasteiger partial charge is 0.339 e. The highest BCUT2D eigenvalue weighted by Crippen LogP contribution is 2.37. The lowest BCUT2D eigenvalue weighted by Crippen LogP contribution is -2.19. The number of H-pyrrole nitrogens is 1. The third-order valence-electron chi connectivity index (χ3n) is 7.30. The molecule has 8 nitrogen and oxygen atoms in total. The van der Waals surface area contributed by atoms with Crippen molar-refractivity contribution in [3.63, 3.8) is 0 Å². The Kier molecular flexibility index (Phi) is 6.43. The third kappa shape index (κ3) is 4.53. The van der Waals surface area contributed by atoms with Gasteiger partial charge in [-0.1, -0.05) is 48.5 Å². The van der Waals surface area contributed by atoms with Gasteiger partial charge in [0.25, 0.3) is 5.69 Å².